The molecule has 124 valence electrons. The molecule has 5 nitrogen and oxygen atoms in total. The number of carbonyl (C=O) groups excluding carboxylic acids is 1. The lowest BCUT2D eigenvalue weighted by Crippen LogP contribution is -2.36. The Morgan fingerprint density at radius 1 is 0.917 bits per heavy atom. The van der Waals surface area contributed by atoms with Gasteiger partial charge in [-0.2, -0.15) is 0 Å². The first-order valence-corrected chi connectivity index (χ1v) is 8.74. The number of piperidine rings is 1. The number of carbonyl (C=O) groups is 1. The summed E-state index contributed by atoms with van der Waals surface area (Å²) in [5.74, 6) is 0.859. The predicted molar refractivity (Wildman–Crippen MR) is 93.0 cm³/mol. The van der Waals surface area contributed by atoms with Gasteiger partial charge in [-0.05, 0) is 36.8 Å². The lowest BCUT2D eigenvalue weighted by molar-refractivity contribution is 0.0728. The van der Waals surface area contributed by atoms with Gasteiger partial charge >= 0.3 is 0 Å². The van der Waals surface area contributed by atoms with E-state index in [0.717, 1.165) is 31.9 Å². The van der Waals surface area contributed by atoms with Crippen molar-refractivity contribution in [1.82, 2.24) is 14.9 Å². The van der Waals surface area contributed by atoms with Crippen LogP contribution in [0.5, 0.6) is 0 Å². The zero-order valence-corrected chi connectivity index (χ0v) is 13.8. The molecule has 0 unspecified atom stereocenters. The second-order valence-electron chi connectivity index (χ2n) is 6.55. The lowest BCUT2D eigenvalue weighted by Gasteiger charge is -2.29. The Morgan fingerprint density at radius 2 is 1.71 bits per heavy atom. The molecule has 0 bridgehead atoms. The summed E-state index contributed by atoms with van der Waals surface area (Å²) in [4.78, 5) is 25.7. The highest BCUT2D eigenvalue weighted by atomic mass is 16.2. The van der Waals surface area contributed by atoms with Crippen molar-refractivity contribution in [2.24, 2.45) is 0 Å². The molecule has 24 heavy (non-hydrogen) atoms. The highest BCUT2D eigenvalue weighted by Crippen LogP contribution is 2.20. The molecule has 2 aliphatic rings. The molecule has 1 saturated heterocycles. The van der Waals surface area contributed by atoms with Crippen LogP contribution in [-0.4, -0.2) is 40.4 Å². The van der Waals surface area contributed by atoms with E-state index in [1.165, 1.54) is 30.4 Å². The Kier molecular flexibility index (Phi) is 4.15. The quantitative estimate of drug-likeness (QED) is 0.853. The summed E-state index contributed by atoms with van der Waals surface area (Å²) in [7, 11) is 0. The Morgan fingerprint density at radius 3 is 2.46 bits per heavy atom. The smallest absolute Gasteiger partial charge is 0.274 e. The van der Waals surface area contributed by atoms with Crippen LogP contribution in [0.2, 0.25) is 0 Å². The lowest BCUT2D eigenvalue weighted by atomic mass is 10.00. The molecule has 0 radical (unpaired) electrons. The third-order valence-electron chi connectivity index (χ3n) is 4.96. The van der Waals surface area contributed by atoms with Crippen molar-refractivity contribution < 1.29 is 4.79 Å². The van der Waals surface area contributed by atoms with Crippen LogP contribution in [-0.2, 0) is 13.0 Å². The van der Waals surface area contributed by atoms with E-state index in [1.807, 2.05) is 11.0 Å². The molecule has 2 aliphatic heterocycles. The second-order valence-corrected chi connectivity index (χ2v) is 6.55. The fourth-order valence-electron chi connectivity index (χ4n) is 3.55. The number of aromatic nitrogens is 2. The average Bonchev–Trinajstić information content (AvgIpc) is 2.68. The van der Waals surface area contributed by atoms with Gasteiger partial charge < -0.3 is 9.80 Å². The molecular formula is C19H22N4O. The van der Waals surface area contributed by atoms with Gasteiger partial charge in [-0.15, -0.1) is 0 Å². The number of rotatable bonds is 2. The predicted octanol–water partition coefficient (Wildman–Crippen LogP) is 2.67. The number of hydrogen-bond donors (Lipinski definition) is 0. The summed E-state index contributed by atoms with van der Waals surface area (Å²) in [6.07, 6.45) is 7.98. The number of fused-ring (bicyclic) bond motifs is 1. The van der Waals surface area contributed by atoms with Gasteiger partial charge in [0.25, 0.3) is 5.91 Å². The van der Waals surface area contributed by atoms with Crippen LogP contribution >= 0.6 is 0 Å². The molecule has 1 aromatic heterocycles. The van der Waals surface area contributed by atoms with Crippen LogP contribution in [0.4, 0.5) is 5.82 Å². The summed E-state index contributed by atoms with van der Waals surface area (Å²) in [6.45, 7) is 3.46. The van der Waals surface area contributed by atoms with Crippen molar-refractivity contribution in [1.29, 1.82) is 0 Å². The van der Waals surface area contributed by atoms with Gasteiger partial charge in [-0.3, -0.25) is 4.79 Å². The maximum atomic E-state index is 12.7. The van der Waals surface area contributed by atoms with Gasteiger partial charge in [0.2, 0.25) is 0 Å². The van der Waals surface area contributed by atoms with Crippen LogP contribution in [0.3, 0.4) is 0 Å². The van der Waals surface area contributed by atoms with E-state index in [2.05, 4.69) is 33.1 Å². The number of amides is 1. The molecule has 5 heteroatoms. The molecule has 0 saturated carbocycles. The maximum absolute atomic E-state index is 12.7. The van der Waals surface area contributed by atoms with Gasteiger partial charge in [0.1, 0.15) is 11.5 Å². The fourth-order valence-corrected chi connectivity index (χ4v) is 3.55. The summed E-state index contributed by atoms with van der Waals surface area (Å²) < 4.78 is 0. The van der Waals surface area contributed by atoms with Gasteiger partial charge in [0.05, 0.1) is 12.4 Å². The van der Waals surface area contributed by atoms with Crippen molar-refractivity contribution in [2.45, 2.75) is 32.2 Å². The zero-order valence-electron chi connectivity index (χ0n) is 13.8. The third-order valence-corrected chi connectivity index (χ3v) is 4.96. The standard InChI is InChI=1S/C19H22N4O/c24-19(23-11-8-15-6-2-3-7-16(15)14-23)17-12-21-18(13-20-17)22-9-4-1-5-10-22/h2-3,6-7,12-13H,1,4-5,8-11,14H2. The third kappa shape index (κ3) is 2.98. The van der Waals surface area contributed by atoms with E-state index in [4.69, 9.17) is 0 Å². The van der Waals surface area contributed by atoms with Crippen LogP contribution in [0.25, 0.3) is 0 Å². The van der Waals surface area contributed by atoms with Gasteiger partial charge in [0, 0.05) is 26.2 Å². The minimum Gasteiger partial charge on any atom is -0.355 e. The Bertz CT molecular complexity index is 722. The van der Waals surface area contributed by atoms with E-state index in [-0.39, 0.29) is 5.91 Å². The summed E-state index contributed by atoms with van der Waals surface area (Å²) in [6, 6.07) is 8.32. The Balaban J connectivity index is 1.47. The molecule has 0 spiro atoms. The molecule has 2 aromatic rings. The van der Waals surface area contributed by atoms with E-state index in [0.29, 0.717) is 12.2 Å². The van der Waals surface area contributed by atoms with Crippen LogP contribution in [0.15, 0.2) is 36.7 Å². The fraction of sp³-hybridized carbons (Fsp3) is 0.421. The largest absolute Gasteiger partial charge is 0.355 e. The first-order chi connectivity index (χ1) is 11.8. The van der Waals surface area contributed by atoms with E-state index >= 15 is 0 Å². The number of benzene rings is 1. The topological polar surface area (TPSA) is 49.3 Å². The van der Waals surface area contributed by atoms with Gasteiger partial charge in [-0.1, -0.05) is 24.3 Å². The highest BCUT2D eigenvalue weighted by molar-refractivity contribution is 5.92. The molecule has 3 heterocycles. The minimum absolute atomic E-state index is 0.0257. The second kappa shape index (κ2) is 6.59. The maximum Gasteiger partial charge on any atom is 0.274 e. The minimum atomic E-state index is -0.0257. The molecule has 4 rings (SSSR count). The van der Waals surface area contributed by atoms with Gasteiger partial charge in [-0.25, -0.2) is 9.97 Å². The Labute approximate surface area is 142 Å². The molecule has 1 aromatic carbocycles. The zero-order chi connectivity index (χ0) is 16.4. The molecular weight excluding hydrogens is 300 g/mol. The van der Waals surface area contributed by atoms with Crippen LogP contribution in [0.1, 0.15) is 40.9 Å². The van der Waals surface area contributed by atoms with Crippen molar-refractivity contribution in [2.75, 3.05) is 24.5 Å². The average molecular weight is 322 g/mol. The SMILES string of the molecule is O=C(c1cnc(N2CCCCC2)cn1)N1CCc2ccccc2C1. The van der Waals surface area contributed by atoms with Gasteiger partial charge in [0.15, 0.2) is 0 Å². The number of nitrogens with zero attached hydrogens (tertiary/aromatic N) is 4. The molecule has 0 N–H and O–H groups in total. The normalized spacial score (nSPS) is 17.5. The monoisotopic (exact) mass is 322 g/mol. The molecule has 0 aliphatic carbocycles. The molecule has 1 amide bonds. The van der Waals surface area contributed by atoms with Crippen molar-refractivity contribution >= 4 is 11.7 Å². The van der Waals surface area contributed by atoms with Crippen molar-refractivity contribution in [3.8, 4) is 0 Å². The van der Waals surface area contributed by atoms with E-state index in [1.54, 1.807) is 12.4 Å². The van der Waals surface area contributed by atoms with E-state index < -0.39 is 0 Å². The highest BCUT2D eigenvalue weighted by Gasteiger charge is 2.23. The van der Waals surface area contributed by atoms with Crippen molar-refractivity contribution in [3.63, 3.8) is 0 Å². The van der Waals surface area contributed by atoms with E-state index in [9.17, 15) is 4.79 Å². The summed E-state index contributed by atoms with van der Waals surface area (Å²) >= 11 is 0. The van der Waals surface area contributed by atoms with Crippen LogP contribution in [0, 0.1) is 0 Å². The summed E-state index contributed by atoms with van der Waals surface area (Å²) in [5, 5.41) is 0. The Hall–Kier alpha value is -2.43. The first-order valence-electron chi connectivity index (χ1n) is 8.74. The first kappa shape index (κ1) is 15.1. The van der Waals surface area contributed by atoms with Crippen LogP contribution < -0.4 is 4.90 Å². The molecule has 1 fully saturated rings. The number of anilines is 1. The summed E-state index contributed by atoms with van der Waals surface area (Å²) in [5.41, 5.74) is 3.01. The molecule has 0 atom stereocenters. The number of hydrogen-bond acceptors (Lipinski definition) is 4. The van der Waals surface area contributed by atoms with Crippen molar-refractivity contribution in [3.05, 3.63) is 53.5 Å².